The Morgan fingerprint density at radius 1 is 1.25 bits per heavy atom. The lowest BCUT2D eigenvalue weighted by atomic mass is 10.1. The third-order valence-electron chi connectivity index (χ3n) is 3.39. The maximum atomic E-state index is 5.33. The molecule has 0 aliphatic rings. The Balaban J connectivity index is 2.05. The smallest absolute Gasteiger partial charge is 0.161 e. The van der Waals surface area contributed by atoms with Gasteiger partial charge in [-0.1, -0.05) is 6.07 Å². The zero-order valence-electron chi connectivity index (χ0n) is 12.4. The van der Waals surface area contributed by atoms with Crippen LogP contribution in [0.1, 0.15) is 24.4 Å². The molecule has 1 unspecified atom stereocenters. The fourth-order valence-electron chi connectivity index (χ4n) is 2.05. The summed E-state index contributed by atoms with van der Waals surface area (Å²) in [7, 11) is 5.28. The van der Waals surface area contributed by atoms with E-state index < -0.39 is 0 Å². The Hall–Kier alpha value is -2.01. The molecule has 1 heterocycles. The first-order valence-electron chi connectivity index (χ1n) is 6.57. The Bertz CT molecular complexity index is 566. The summed E-state index contributed by atoms with van der Waals surface area (Å²) in [6, 6.07) is 6.16. The molecule has 0 aliphatic carbocycles. The fraction of sp³-hybridized carbons (Fsp3) is 0.400. The minimum atomic E-state index is 0.200. The van der Waals surface area contributed by atoms with E-state index in [1.54, 1.807) is 20.4 Å². The van der Waals surface area contributed by atoms with Crippen LogP contribution in [0.2, 0.25) is 0 Å². The van der Waals surface area contributed by atoms with Gasteiger partial charge in [-0.25, -0.2) is 4.98 Å². The van der Waals surface area contributed by atoms with E-state index in [9.17, 15) is 0 Å². The van der Waals surface area contributed by atoms with Gasteiger partial charge in [0.2, 0.25) is 0 Å². The molecule has 1 N–H and O–H groups in total. The summed E-state index contributed by atoms with van der Waals surface area (Å²) >= 11 is 0. The second-order valence-electron chi connectivity index (χ2n) is 4.67. The van der Waals surface area contributed by atoms with Crippen molar-refractivity contribution in [1.82, 2.24) is 14.9 Å². The summed E-state index contributed by atoms with van der Waals surface area (Å²) in [5, 5.41) is 3.45. The molecule has 1 aromatic heterocycles. The molecule has 1 aromatic carbocycles. The Labute approximate surface area is 119 Å². The van der Waals surface area contributed by atoms with Crippen LogP contribution in [0, 0.1) is 0 Å². The Morgan fingerprint density at radius 3 is 2.60 bits per heavy atom. The predicted octanol–water partition coefficient (Wildman–Crippen LogP) is 2.29. The largest absolute Gasteiger partial charge is 0.493 e. The lowest BCUT2D eigenvalue weighted by Gasteiger charge is -2.16. The van der Waals surface area contributed by atoms with E-state index >= 15 is 0 Å². The van der Waals surface area contributed by atoms with Gasteiger partial charge in [-0.05, 0) is 24.6 Å². The van der Waals surface area contributed by atoms with Crippen LogP contribution in [-0.2, 0) is 13.6 Å². The van der Waals surface area contributed by atoms with Crippen molar-refractivity contribution >= 4 is 0 Å². The van der Waals surface area contributed by atoms with Crippen molar-refractivity contribution in [1.29, 1.82) is 0 Å². The number of imidazole rings is 1. The van der Waals surface area contributed by atoms with Gasteiger partial charge in [0, 0.05) is 25.5 Å². The standard InChI is InChI=1S/C15H21N3O2/c1-11(17-10-15-16-7-8-18(15)2)12-5-6-13(19-3)14(9-12)20-4/h5-9,11,17H,10H2,1-4H3. The monoisotopic (exact) mass is 275 g/mol. The normalized spacial score (nSPS) is 12.2. The number of ether oxygens (including phenoxy) is 2. The van der Waals surface area contributed by atoms with Crippen molar-refractivity contribution in [2.24, 2.45) is 7.05 Å². The van der Waals surface area contributed by atoms with Crippen molar-refractivity contribution in [2.75, 3.05) is 14.2 Å². The van der Waals surface area contributed by atoms with Crippen LogP contribution in [0.15, 0.2) is 30.6 Å². The van der Waals surface area contributed by atoms with Crippen LogP contribution in [0.5, 0.6) is 11.5 Å². The Morgan fingerprint density at radius 2 is 2.00 bits per heavy atom. The van der Waals surface area contributed by atoms with Crippen LogP contribution < -0.4 is 14.8 Å². The first-order valence-corrected chi connectivity index (χ1v) is 6.57. The third kappa shape index (κ3) is 3.11. The van der Waals surface area contributed by atoms with Crippen molar-refractivity contribution in [2.45, 2.75) is 19.5 Å². The van der Waals surface area contributed by atoms with Gasteiger partial charge in [0.25, 0.3) is 0 Å². The van der Waals surface area contributed by atoms with E-state index in [-0.39, 0.29) is 6.04 Å². The summed E-state index contributed by atoms with van der Waals surface area (Å²) < 4.78 is 12.6. The number of methoxy groups -OCH3 is 2. The molecule has 5 nitrogen and oxygen atoms in total. The minimum Gasteiger partial charge on any atom is -0.493 e. The number of hydrogen-bond donors (Lipinski definition) is 1. The average Bonchev–Trinajstić information content (AvgIpc) is 2.89. The van der Waals surface area contributed by atoms with Gasteiger partial charge in [0.15, 0.2) is 11.5 Å². The molecule has 2 rings (SSSR count). The van der Waals surface area contributed by atoms with Crippen molar-refractivity contribution in [3.05, 3.63) is 42.0 Å². The molecule has 0 fully saturated rings. The fourth-order valence-corrected chi connectivity index (χ4v) is 2.05. The van der Waals surface area contributed by atoms with Gasteiger partial charge < -0.3 is 19.4 Å². The first kappa shape index (κ1) is 14.4. The van der Waals surface area contributed by atoms with Crippen molar-refractivity contribution in [3.8, 4) is 11.5 Å². The van der Waals surface area contributed by atoms with Gasteiger partial charge >= 0.3 is 0 Å². The van der Waals surface area contributed by atoms with Gasteiger partial charge in [0.1, 0.15) is 5.82 Å². The van der Waals surface area contributed by atoms with E-state index in [4.69, 9.17) is 9.47 Å². The summed E-state index contributed by atoms with van der Waals surface area (Å²) in [5.41, 5.74) is 1.15. The lowest BCUT2D eigenvalue weighted by Crippen LogP contribution is -2.20. The van der Waals surface area contributed by atoms with Gasteiger partial charge in [-0.3, -0.25) is 0 Å². The highest BCUT2D eigenvalue weighted by molar-refractivity contribution is 5.43. The second-order valence-corrected chi connectivity index (χ2v) is 4.67. The molecule has 0 spiro atoms. The van der Waals surface area contributed by atoms with Gasteiger partial charge in [-0.15, -0.1) is 0 Å². The zero-order valence-corrected chi connectivity index (χ0v) is 12.4. The van der Waals surface area contributed by atoms with Crippen molar-refractivity contribution in [3.63, 3.8) is 0 Å². The summed E-state index contributed by atoms with van der Waals surface area (Å²) in [5.74, 6) is 2.50. The molecular weight excluding hydrogens is 254 g/mol. The van der Waals surface area contributed by atoms with Crippen LogP contribution in [0.25, 0.3) is 0 Å². The number of hydrogen-bond acceptors (Lipinski definition) is 4. The lowest BCUT2D eigenvalue weighted by molar-refractivity contribution is 0.354. The SMILES string of the molecule is COc1ccc(C(C)NCc2nccn2C)cc1OC. The molecule has 0 saturated heterocycles. The third-order valence-corrected chi connectivity index (χ3v) is 3.39. The quantitative estimate of drug-likeness (QED) is 0.878. The molecule has 0 bridgehead atoms. The van der Waals surface area contributed by atoms with Crippen molar-refractivity contribution < 1.29 is 9.47 Å². The van der Waals surface area contributed by atoms with Crippen LogP contribution in [0.4, 0.5) is 0 Å². The maximum absolute atomic E-state index is 5.33. The number of aromatic nitrogens is 2. The molecule has 0 amide bonds. The molecule has 0 aliphatic heterocycles. The average molecular weight is 275 g/mol. The number of benzene rings is 1. The van der Waals surface area contributed by atoms with E-state index in [1.807, 2.05) is 36.0 Å². The first-order chi connectivity index (χ1) is 9.65. The van der Waals surface area contributed by atoms with E-state index in [2.05, 4.69) is 17.2 Å². The summed E-state index contributed by atoms with van der Waals surface area (Å²) in [6.07, 6.45) is 3.75. The predicted molar refractivity (Wildman–Crippen MR) is 78.0 cm³/mol. The molecule has 2 aromatic rings. The highest BCUT2D eigenvalue weighted by Crippen LogP contribution is 2.29. The molecule has 0 radical (unpaired) electrons. The van der Waals surface area contributed by atoms with Crippen LogP contribution in [-0.4, -0.2) is 23.8 Å². The number of nitrogens with zero attached hydrogens (tertiary/aromatic N) is 2. The molecule has 5 heteroatoms. The highest BCUT2D eigenvalue weighted by Gasteiger charge is 2.10. The minimum absolute atomic E-state index is 0.200. The highest BCUT2D eigenvalue weighted by atomic mass is 16.5. The molecule has 20 heavy (non-hydrogen) atoms. The van der Waals surface area contributed by atoms with E-state index in [0.29, 0.717) is 0 Å². The number of rotatable bonds is 6. The van der Waals surface area contributed by atoms with Crippen LogP contribution >= 0.6 is 0 Å². The second kappa shape index (κ2) is 6.43. The number of aryl methyl sites for hydroxylation is 1. The molecule has 0 saturated carbocycles. The Kier molecular flexibility index (Phi) is 4.63. The molecule has 108 valence electrons. The van der Waals surface area contributed by atoms with Gasteiger partial charge in [-0.2, -0.15) is 0 Å². The number of nitrogens with one attached hydrogen (secondary N) is 1. The van der Waals surface area contributed by atoms with Crippen LogP contribution in [0.3, 0.4) is 0 Å². The topological polar surface area (TPSA) is 48.3 Å². The van der Waals surface area contributed by atoms with E-state index in [0.717, 1.165) is 29.4 Å². The van der Waals surface area contributed by atoms with Gasteiger partial charge in [0.05, 0.1) is 20.8 Å². The van der Waals surface area contributed by atoms with E-state index in [1.165, 1.54) is 0 Å². The molecular formula is C15H21N3O2. The summed E-state index contributed by atoms with van der Waals surface area (Å²) in [6.45, 7) is 2.84. The molecule has 1 atom stereocenters. The summed E-state index contributed by atoms with van der Waals surface area (Å²) in [4.78, 5) is 4.30. The maximum Gasteiger partial charge on any atom is 0.161 e. The zero-order chi connectivity index (χ0) is 14.5.